The fourth-order valence-electron chi connectivity index (χ4n) is 3.39. The number of methoxy groups -OCH3 is 2. The van der Waals surface area contributed by atoms with E-state index >= 15 is 0 Å². The van der Waals surface area contributed by atoms with Crippen LogP contribution in [-0.2, 0) is 9.53 Å². The molecule has 1 fully saturated rings. The fourth-order valence-corrected chi connectivity index (χ4v) is 3.39. The van der Waals surface area contributed by atoms with Gasteiger partial charge in [0.05, 0.1) is 33.5 Å². The number of carbonyl (C=O) groups is 1. The Morgan fingerprint density at radius 2 is 1.77 bits per heavy atom. The van der Waals surface area contributed by atoms with E-state index in [1.807, 2.05) is 26.0 Å². The minimum Gasteiger partial charge on any atom is -0.493 e. The van der Waals surface area contributed by atoms with E-state index in [1.54, 1.807) is 21.3 Å². The van der Waals surface area contributed by atoms with Crippen LogP contribution in [0.25, 0.3) is 0 Å². The number of benzene rings is 1. The molecule has 1 aromatic carbocycles. The molecule has 1 aliphatic heterocycles. The van der Waals surface area contributed by atoms with Gasteiger partial charge in [-0.3, -0.25) is 14.7 Å². The van der Waals surface area contributed by atoms with Crippen LogP contribution in [0.3, 0.4) is 0 Å². The van der Waals surface area contributed by atoms with Crippen molar-refractivity contribution >= 4 is 11.9 Å². The molecule has 1 saturated heterocycles. The lowest BCUT2D eigenvalue weighted by Crippen LogP contribution is -2.47. The highest BCUT2D eigenvalue weighted by atomic mass is 16.5. The summed E-state index contributed by atoms with van der Waals surface area (Å²) in [7, 11) is 5.02. The maximum atomic E-state index is 11.7. The average Bonchev–Trinajstić information content (AvgIpc) is 2.80. The smallest absolute Gasteiger partial charge is 0.222 e. The van der Waals surface area contributed by atoms with Gasteiger partial charge in [0, 0.05) is 45.7 Å². The molecule has 174 valence electrons. The van der Waals surface area contributed by atoms with Gasteiger partial charge in [0.2, 0.25) is 5.91 Å². The van der Waals surface area contributed by atoms with Crippen LogP contribution >= 0.6 is 0 Å². The van der Waals surface area contributed by atoms with E-state index in [2.05, 4.69) is 31.9 Å². The largest absolute Gasteiger partial charge is 0.493 e. The molecule has 1 aromatic rings. The van der Waals surface area contributed by atoms with Gasteiger partial charge in [-0.25, -0.2) is 0 Å². The minimum absolute atomic E-state index is 0.0202. The molecule has 1 unspecified atom stereocenters. The summed E-state index contributed by atoms with van der Waals surface area (Å²) in [6, 6.07) is 6.15. The summed E-state index contributed by atoms with van der Waals surface area (Å²) in [5, 5.41) is 9.56. The van der Waals surface area contributed by atoms with Crippen molar-refractivity contribution in [3.8, 4) is 11.5 Å². The number of nitrogens with one attached hydrogen (secondary N) is 3. The lowest BCUT2D eigenvalue weighted by atomic mass is 10.0. The van der Waals surface area contributed by atoms with Crippen LogP contribution in [-0.4, -0.2) is 84.0 Å². The van der Waals surface area contributed by atoms with Crippen molar-refractivity contribution in [1.82, 2.24) is 20.9 Å². The number of aliphatic imine (C=N–C) groups is 1. The van der Waals surface area contributed by atoms with Crippen molar-refractivity contribution in [2.45, 2.75) is 19.9 Å². The Morgan fingerprint density at radius 1 is 1.10 bits per heavy atom. The van der Waals surface area contributed by atoms with Gasteiger partial charge in [-0.15, -0.1) is 0 Å². The number of rotatable bonds is 10. The highest BCUT2D eigenvalue weighted by Crippen LogP contribution is 2.32. The first-order valence-corrected chi connectivity index (χ1v) is 10.8. The molecule has 31 heavy (non-hydrogen) atoms. The summed E-state index contributed by atoms with van der Waals surface area (Å²) >= 11 is 0. The van der Waals surface area contributed by atoms with Gasteiger partial charge in [-0.1, -0.05) is 19.9 Å². The normalized spacial score (nSPS) is 16.0. The Morgan fingerprint density at radius 3 is 2.39 bits per heavy atom. The van der Waals surface area contributed by atoms with Gasteiger partial charge in [0.1, 0.15) is 0 Å². The fraction of sp³-hybridized carbons (Fsp3) is 0.636. The van der Waals surface area contributed by atoms with E-state index in [1.165, 1.54) is 0 Å². The first kappa shape index (κ1) is 24.7. The van der Waals surface area contributed by atoms with Crippen LogP contribution in [0.15, 0.2) is 23.2 Å². The number of nitrogens with zero attached hydrogens (tertiary/aromatic N) is 2. The molecule has 1 heterocycles. The molecule has 0 aliphatic carbocycles. The summed E-state index contributed by atoms with van der Waals surface area (Å²) in [6.07, 6.45) is 0. The summed E-state index contributed by atoms with van der Waals surface area (Å²) < 4.78 is 16.4. The average molecular weight is 436 g/mol. The number of morpholine rings is 1. The molecular formula is C22H37N5O4. The summed E-state index contributed by atoms with van der Waals surface area (Å²) in [4.78, 5) is 18.4. The SMILES string of the molecule is CN=C(NCCNC(=O)C(C)C)NCC(c1ccc(OC)c(OC)c1)N1CCOCC1. The van der Waals surface area contributed by atoms with Gasteiger partial charge < -0.3 is 30.2 Å². The van der Waals surface area contributed by atoms with E-state index in [4.69, 9.17) is 14.2 Å². The molecule has 0 bridgehead atoms. The zero-order chi connectivity index (χ0) is 22.6. The van der Waals surface area contributed by atoms with Crippen molar-refractivity contribution in [1.29, 1.82) is 0 Å². The van der Waals surface area contributed by atoms with Crippen molar-refractivity contribution < 1.29 is 19.0 Å². The quantitative estimate of drug-likeness (QED) is 0.287. The molecule has 0 radical (unpaired) electrons. The van der Waals surface area contributed by atoms with E-state index in [0.717, 1.165) is 18.7 Å². The van der Waals surface area contributed by atoms with Gasteiger partial charge in [-0.2, -0.15) is 0 Å². The molecule has 3 N–H and O–H groups in total. The zero-order valence-electron chi connectivity index (χ0n) is 19.4. The van der Waals surface area contributed by atoms with Crippen LogP contribution in [0.2, 0.25) is 0 Å². The molecule has 0 spiro atoms. The molecule has 1 amide bonds. The monoisotopic (exact) mass is 435 g/mol. The van der Waals surface area contributed by atoms with Crippen LogP contribution in [0.1, 0.15) is 25.5 Å². The molecular weight excluding hydrogens is 398 g/mol. The van der Waals surface area contributed by atoms with E-state index in [-0.39, 0.29) is 17.9 Å². The van der Waals surface area contributed by atoms with Crippen LogP contribution in [0, 0.1) is 5.92 Å². The van der Waals surface area contributed by atoms with E-state index < -0.39 is 0 Å². The number of ether oxygens (including phenoxy) is 3. The molecule has 1 atom stereocenters. The molecule has 1 aliphatic rings. The lowest BCUT2D eigenvalue weighted by Gasteiger charge is -2.35. The van der Waals surface area contributed by atoms with Gasteiger partial charge in [0.25, 0.3) is 0 Å². The molecule has 9 nitrogen and oxygen atoms in total. The predicted octanol–water partition coefficient (Wildman–Crippen LogP) is 1.01. The van der Waals surface area contributed by atoms with E-state index in [0.29, 0.717) is 50.3 Å². The Balaban J connectivity index is 2.01. The van der Waals surface area contributed by atoms with Crippen LogP contribution in [0.4, 0.5) is 0 Å². The highest BCUT2D eigenvalue weighted by molar-refractivity contribution is 5.80. The van der Waals surface area contributed by atoms with Gasteiger partial charge in [-0.05, 0) is 17.7 Å². The third-order valence-corrected chi connectivity index (χ3v) is 5.21. The highest BCUT2D eigenvalue weighted by Gasteiger charge is 2.24. The zero-order valence-corrected chi connectivity index (χ0v) is 19.4. The molecule has 9 heteroatoms. The van der Waals surface area contributed by atoms with Crippen LogP contribution < -0.4 is 25.4 Å². The third-order valence-electron chi connectivity index (χ3n) is 5.21. The molecule has 2 rings (SSSR count). The maximum Gasteiger partial charge on any atom is 0.222 e. The Bertz CT molecular complexity index is 720. The number of hydrogen-bond donors (Lipinski definition) is 3. The van der Waals surface area contributed by atoms with Gasteiger partial charge >= 0.3 is 0 Å². The lowest BCUT2D eigenvalue weighted by molar-refractivity contribution is -0.123. The maximum absolute atomic E-state index is 11.7. The number of carbonyl (C=O) groups excluding carboxylic acids is 1. The second-order valence-corrected chi connectivity index (χ2v) is 7.60. The second-order valence-electron chi connectivity index (χ2n) is 7.60. The third kappa shape index (κ3) is 7.59. The summed E-state index contributed by atoms with van der Waals surface area (Å²) in [5.41, 5.74) is 1.13. The number of amides is 1. The Labute approximate surface area is 185 Å². The summed E-state index contributed by atoms with van der Waals surface area (Å²) in [6.45, 7) is 8.69. The van der Waals surface area contributed by atoms with Crippen molar-refractivity contribution in [2.75, 3.05) is 67.2 Å². The minimum atomic E-state index is -0.0202. The van der Waals surface area contributed by atoms with E-state index in [9.17, 15) is 4.79 Å². The standard InChI is InChI=1S/C22H37N5O4/c1-16(2)21(28)24-8-9-25-22(23-3)26-15-18(27-10-12-31-13-11-27)17-6-7-19(29-4)20(14-17)30-5/h6-7,14,16,18H,8-13,15H2,1-5H3,(H,24,28)(H2,23,25,26). The predicted molar refractivity (Wildman–Crippen MR) is 122 cm³/mol. The Kier molecular flexibility index (Phi) is 10.4. The Hall–Kier alpha value is -2.52. The topological polar surface area (TPSA) is 96.5 Å². The van der Waals surface area contributed by atoms with Crippen LogP contribution in [0.5, 0.6) is 11.5 Å². The number of guanidine groups is 1. The first-order chi connectivity index (χ1) is 15.0. The van der Waals surface area contributed by atoms with Crippen molar-refractivity contribution in [3.05, 3.63) is 23.8 Å². The first-order valence-electron chi connectivity index (χ1n) is 10.8. The van der Waals surface area contributed by atoms with Crippen molar-refractivity contribution in [2.24, 2.45) is 10.9 Å². The summed E-state index contributed by atoms with van der Waals surface area (Å²) in [5.74, 6) is 2.14. The number of hydrogen-bond acceptors (Lipinski definition) is 6. The van der Waals surface area contributed by atoms with Gasteiger partial charge in [0.15, 0.2) is 17.5 Å². The second kappa shape index (κ2) is 13.0. The molecule has 0 aromatic heterocycles. The molecule has 0 saturated carbocycles. The van der Waals surface area contributed by atoms with Crippen molar-refractivity contribution in [3.63, 3.8) is 0 Å².